The van der Waals surface area contributed by atoms with Gasteiger partial charge in [0, 0.05) is 26.7 Å². The van der Waals surface area contributed by atoms with E-state index in [4.69, 9.17) is 14.2 Å². The molecule has 0 heterocycles. The lowest BCUT2D eigenvalue weighted by Crippen LogP contribution is -2.37. The summed E-state index contributed by atoms with van der Waals surface area (Å²) >= 11 is 0. The third-order valence-electron chi connectivity index (χ3n) is 3.85. The van der Waals surface area contributed by atoms with Crippen LogP contribution in [-0.2, 0) is 19.0 Å². The van der Waals surface area contributed by atoms with Crippen LogP contribution < -0.4 is 5.32 Å². The Morgan fingerprint density at radius 1 is 0.800 bits per heavy atom. The van der Waals surface area contributed by atoms with Crippen molar-refractivity contribution in [2.24, 2.45) is 0 Å². The van der Waals surface area contributed by atoms with Gasteiger partial charge in [-0.15, -0.1) is 0 Å². The lowest BCUT2D eigenvalue weighted by Gasteiger charge is -2.23. The van der Waals surface area contributed by atoms with E-state index in [1.54, 1.807) is 7.11 Å². The molecule has 0 radical (unpaired) electrons. The van der Waals surface area contributed by atoms with Crippen molar-refractivity contribution in [3.05, 3.63) is 0 Å². The van der Waals surface area contributed by atoms with Crippen LogP contribution in [0.1, 0.15) is 44.9 Å². The second-order valence-corrected chi connectivity index (χ2v) is 7.45. The molecular weight excluding hydrogens is 320 g/mol. The molecule has 0 aromatic carbocycles. The summed E-state index contributed by atoms with van der Waals surface area (Å²) in [6.45, 7) is 4.90. The number of carbonyl (C=O) groups excluding carboxylic acids is 1. The third-order valence-corrected chi connectivity index (χ3v) is 3.85. The number of nitrogens with zero attached hydrogens (tertiary/aromatic N) is 1. The zero-order valence-electron chi connectivity index (χ0n) is 17.0. The second-order valence-electron chi connectivity index (χ2n) is 7.45. The fraction of sp³-hybridized carbons (Fsp3) is 0.947. The summed E-state index contributed by atoms with van der Waals surface area (Å²) in [5.41, 5.74) is 0. The largest absolute Gasteiger partial charge is 0.385 e. The fourth-order valence-corrected chi connectivity index (χ4v) is 2.25. The molecule has 6 nitrogen and oxygen atoms in total. The van der Waals surface area contributed by atoms with Gasteiger partial charge in [-0.05, 0) is 12.8 Å². The zero-order valence-corrected chi connectivity index (χ0v) is 17.0. The van der Waals surface area contributed by atoms with Gasteiger partial charge in [0.25, 0.3) is 0 Å². The Morgan fingerprint density at radius 3 is 2.04 bits per heavy atom. The zero-order chi connectivity index (χ0) is 18.8. The molecule has 0 aromatic rings. The van der Waals surface area contributed by atoms with Gasteiger partial charge in [0.1, 0.15) is 6.54 Å². The number of hydrogen-bond acceptors (Lipinski definition) is 4. The number of likely N-dealkylation sites (N-methyl/N-ethyl adjacent to an activating group) is 1. The Morgan fingerprint density at radius 2 is 1.40 bits per heavy atom. The number of rotatable bonds is 18. The van der Waals surface area contributed by atoms with Crippen LogP contribution >= 0.6 is 0 Å². The molecule has 0 aromatic heterocycles. The molecule has 1 N–H and O–H groups in total. The van der Waals surface area contributed by atoms with Gasteiger partial charge in [-0.1, -0.05) is 25.7 Å². The van der Waals surface area contributed by atoms with Crippen LogP contribution in [0, 0.1) is 0 Å². The van der Waals surface area contributed by atoms with Crippen LogP contribution in [0.3, 0.4) is 0 Å². The molecular formula is C19H41N2O4+. The maximum Gasteiger partial charge on any atom is 0.220 e. The first-order valence-corrected chi connectivity index (χ1v) is 9.67. The summed E-state index contributed by atoms with van der Waals surface area (Å²) in [7, 11) is 8.17. The molecule has 0 saturated carbocycles. The van der Waals surface area contributed by atoms with E-state index in [0.717, 1.165) is 43.5 Å². The average molecular weight is 362 g/mol. The van der Waals surface area contributed by atoms with Crippen molar-refractivity contribution in [2.75, 3.05) is 74.4 Å². The number of hydrogen-bond donors (Lipinski definition) is 1. The molecule has 0 aliphatic rings. The van der Waals surface area contributed by atoms with Crippen molar-refractivity contribution in [3.63, 3.8) is 0 Å². The van der Waals surface area contributed by atoms with E-state index >= 15 is 0 Å². The van der Waals surface area contributed by atoms with Crippen molar-refractivity contribution in [1.82, 2.24) is 5.32 Å². The lowest BCUT2D eigenvalue weighted by atomic mass is 10.1. The molecule has 0 rings (SSSR count). The number of amides is 1. The van der Waals surface area contributed by atoms with Crippen LogP contribution in [0.25, 0.3) is 0 Å². The summed E-state index contributed by atoms with van der Waals surface area (Å²) in [5, 5.41) is 2.90. The van der Waals surface area contributed by atoms with Crippen LogP contribution in [0.5, 0.6) is 0 Å². The summed E-state index contributed by atoms with van der Waals surface area (Å²) in [6.07, 6.45) is 7.50. The van der Waals surface area contributed by atoms with Crippen molar-refractivity contribution in [3.8, 4) is 0 Å². The predicted octanol–water partition coefficient (Wildman–Crippen LogP) is 2.22. The van der Waals surface area contributed by atoms with E-state index in [-0.39, 0.29) is 5.91 Å². The van der Waals surface area contributed by atoms with Gasteiger partial charge in [0.15, 0.2) is 0 Å². The van der Waals surface area contributed by atoms with Gasteiger partial charge in [-0.25, -0.2) is 0 Å². The third kappa shape index (κ3) is 21.3. The number of quaternary nitrogens is 1. The molecule has 6 heteroatoms. The first-order chi connectivity index (χ1) is 12.0. The molecule has 0 aliphatic heterocycles. The van der Waals surface area contributed by atoms with E-state index < -0.39 is 0 Å². The molecule has 0 atom stereocenters. The van der Waals surface area contributed by atoms with Crippen LogP contribution in [0.4, 0.5) is 0 Å². The summed E-state index contributed by atoms with van der Waals surface area (Å²) < 4.78 is 16.9. The number of nitrogens with one attached hydrogen (secondary N) is 1. The minimum absolute atomic E-state index is 0.127. The smallest absolute Gasteiger partial charge is 0.220 e. The predicted molar refractivity (Wildman–Crippen MR) is 102 cm³/mol. The molecule has 0 fully saturated rings. The SMILES string of the molecule is COCCCCCCCCC(=O)NCCOCCOCC[N+](C)(C)C. The highest BCUT2D eigenvalue weighted by atomic mass is 16.5. The fourth-order valence-electron chi connectivity index (χ4n) is 2.25. The molecule has 0 unspecified atom stereocenters. The van der Waals surface area contributed by atoms with Gasteiger partial charge in [0.2, 0.25) is 5.91 Å². The molecule has 0 saturated heterocycles. The van der Waals surface area contributed by atoms with E-state index in [1.807, 2.05) is 0 Å². The molecule has 0 aliphatic carbocycles. The molecule has 1 amide bonds. The van der Waals surface area contributed by atoms with Crippen LogP contribution in [0.2, 0.25) is 0 Å². The summed E-state index contributed by atoms with van der Waals surface area (Å²) in [4.78, 5) is 11.7. The van der Waals surface area contributed by atoms with Crippen molar-refractivity contribution in [2.45, 2.75) is 44.9 Å². The van der Waals surface area contributed by atoms with Gasteiger partial charge >= 0.3 is 0 Å². The Labute approximate surface area is 154 Å². The molecule has 25 heavy (non-hydrogen) atoms. The average Bonchev–Trinajstić information content (AvgIpc) is 2.54. The van der Waals surface area contributed by atoms with E-state index in [0.29, 0.717) is 32.8 Å². The molecule has 0 bridgehead atoms. The van der Waals surface area contributed by atoms with Gasteiger partial charge in [-0.2, -0.15) is 0 Å². The first-order valence-electron chi connectivity index (χ1n) is 9.67. The minimum Gasteiger partial charge on any atom is -0.385 e. The molecule has 0 spiro atoms. The minimum atomic E-state index is 0.127. The summed E-state index contributed by atoms with van der Waals surface area (Å²) in [6, 6.07) is 0. The van der Waals surface area contributed by atoms with Gasteiger partial charge in [0.05, 0.1) is 47.6 Å². The Kier molecular flexibility index (Phi) is 16.3. The Bertz CT molecular complexity index is 306. The van der Waals surface area contributed by atoms with Crippen molar-refractivity contribution in [1.29, 1.82) is 0 Å². The van der Waals surface area contributed by atoms with Crippen LogP contribution in [0.15, 0.2) is 0 Å². The van der Waals surface area contributed by atoms with Crippen molar-refractivity contribution < 1.29 is 23.5 Å². The monoisotopic (exact) mass is 361 g/mol. The highest BCUT2D eigenvalue weighted by molar-refractivity contribution is 5.75. The van der Waals surface area contributed by atoms with Crippen LogP contribution in [-0.4, -0.2) is 84.8 Å². The number of ether oxygens (including phenoxy) is 3. The van der Waals surface area contributed by atoms with E-state index in [9.17, 15) is 4.79 Å². The Balaban J connectivity index is 3.20. The topological polar surface area (TPSA) is 56.8 Å². The maximum atomic E-state index is 11.7. The number of methoxy groups -OCH3 is 1. The van der Waals surface area contributed by atoms with E-state index in [2.05, 4.69) is 26.5 Å². The first kappa shape index (κ1) is 24.3. The standard InChI is InChI=1S/C19H40N2O4/c1-21(2,3)13-16-25-18-17-24-15-12-20-19(22)11-9-7-5-6-8-10-14-23-4/h5-18H2,1-4H3/p+1. The quantitative estimate of drug-likeness (QED) is 0.300. The number of unbranched alkanes of at least 4 members (excludes halogenated alkanes) is 5. The van der Waals surface area contributed by atoms with E-state index in [1.165, 1.54) is 19.3 Å². The van der Waals surface area contributed by atoms with Gasteiger partial charge in [-0.3, -0.25) is 4.79 Å². The second kappa shape index (κ2) is 16.8. The lowest BCUT2D eigenvalue weighted by molar-refractivity contribution is -0.870. The summed E-state index contributed by atoms with van der Waals surface area (Å²) in [5.74, 6) is 0.127. The Hall–Kier alpha value is -0.690. The molecule has 150 valence electrons. The highest BCUT2D eigenvalue weighted by Gasteiger charge is 2.05. The normalized spacial score (nSPS) is 11.7. The van der Waals surface area contributed by atoms with Crippen molar-refractivity contribution >= 4 is 5.91 Å². The number of carbonyl (C=O) groups is 1. The highest BCUT2D eigenvalue weighted by Crippen LogP contribution is 2.07. The van der Waals surface area contributed by atoms with Gasteiger partial charge < -0.3 is 24.0 Å². The maximum absolute atomic E-state index is 11.7.